The maximum Gasteiger partial charge on any atom is 0.246 e. The summed E-state index contributed by atoms with van der Waals surface area (Å²) in [6.07, 6.45) is 2.79. The van der Waals surface area contributed by atoms with E-state index in [1.807, 2.05) is 49.6 Å². The molecule has 0 unspecified atom stereocenters. The number of benzene rings is 3. The van der Waals surface area contributed by atoms with Crippen molar-refractivity contribution in [2.24, 2.45) is 0 Å². The number of anilines is 3. The highest BCUT2D eigenvalue weighted by Gasteiger charge is 2.16. The van der Waals surface area contributed by atoms with E-state index in [4.69, 9.17) is 4.74 Å². The summed E-state index contributed by atoms with van der Waals surface area (Å²) in [7, 11) is -3.32. The Labute approximate surface area is 268 Å². The van der Waals surface area contributed by atoms with E-state index in [0.717, 1.165) is 38.9 Å². The topological polar surface area (TPSA) is 165 Å². The Balaban J connectivity index is 1.13. The predicted molar refractivity (Wildman–Crippen MR) is 175 cm³/mol. The summed E-state index contributed by atoms with van der Waals surface area (Å²) in [6, 6.07) is 21.0. The van der Waals surface area contributed by atoms with Gasteiger partial charge in [-0.3, -0.25) is 4.79 Å². The van der Waals surface area contributed by atoms with Gasteiger partial charge < -0.3 is 15.4 Å². The van der Waals surface area contributed by atoms with Crippen LogP contribution in [0.3, 0.4) is 0 Å². The van der Waals surface area contributed by atoms with Crippen LogP contribution < -0.4 is 15.4 Å². The van der Waals surface area contributed by atoms with Crippen molar-refractivity contribution in [3.63, 3.8) is 0 Å². The molecule has 3 heterocycles. The summed E-state index contributed by atoms with van der Waals surface area (Å²) in [5, 5.41) is 25.4. The highest BCUT2D eigenvalue weighted by molar-refractivity contribution is 7.90. The summed E-state index contributed by atoms with van der Waals surface area (Å²) in [5.74, 6) is 1.09. The Morgan fingerprint density at radius 1 is 1.00 bits per heavy atom. The second-order valence-electron chi connectivity index (χ2n) is 10.5. The average molecular weight is 651 g/mol. The average Bonchev–Trinajstić information content (AvgIpc) is 3.69. The SMILES string of the molecule is Cc1cc(C#N)cc(C)c1Oc1nc(Nc2ccc(-c3cn(CC(=O)Nc4ccc(S(C)(=O)=O)cc4)nn3)cc2)nc2ccsc12. The normalized spacial score (nSPS) is 11.3. The summed E-state index contributed by atoms with van der Waals surface area (Å²) < 4.78 is 31.8. The molecule has 0 saturated carbocycles. The van der Waals surface area contributed by atoms with E-state index in [-0.39, 0.29) is 17.3 Å². The number of carbonyl (C=O) groups excluding carboxylic acids is 1. The number of nitrogens with zero attached hydrogens (tertiary/aromatic N) is 6. The van der Waals surface area contributed by atoms with Gasteiger partial charge in [0.1, 0.15) is 22.7 Å². The quantitative estimate of drug-likeness (QED) is 0.189. The Morgan fingerprint density at radius 3 is 2.37 bits per heavy atom. The van der Waals surface area contributed by atoms with Crippen molar-refractivity contribution in [3.05, 3.63) is 95.0 Å². The number of aryl methyl sites for hydroxylation is 2. The molecule has 0 radical (unpaired) electrons. The molecule has 230 valence electrons. The minimum Gasteiger partial charge on any atom is -0.437 e. The lowest BCUT2D eigenvalue weighted by Gasteiger charge is -2.13. The number of nitriles is 1. The second kappa shape index (κ2) is 12.4. The second-order valence-corrected chi connectivity index (χ2v) is 13.4. The van der Waals surface area contributed by atoms with Gasteiger partial charge in [0.2, 0.25) is 17.7 Å². The molecular weight excluding hydrogens is 625 g/mol. The Morgan fingerprint density at radius 2 is 1.70 bits per heavy atom. The molecule has 0 saturated heterocycles. The van der Waals surface area contributed by atoms with Gasteiger partial charge in [-0.05, 0) is 85.0 Å². The molecule has 3 aromatic carbocycles. The standard InChI is InChI=1S/C32H26N8O4S2/c1-19-14-21(16-33)15-20(2)29(19)44-31-30-26(12-13-45-30)36-32(37-31)35-24-6-4-22(5-7-24)27-17-40(39-38-27)18-28(41)34-23-8-10-25(11-9-23)46(3,42)43/h4-15,17H,18H2,1-3H3,(H,34,41)(H,35,36,37). The van der Waals surface area contributed by atoms with Crippen LogP contribution in [0.4, 0.5) is 17.3 Å². The molecule has 6 rings (SSSR count). The molecule has 0 atom stereocenters. The van der Waals surface area contributed by atoms with Crippen molar-refractivity contribution in [1.29, 1.82) is 5.26 Å². The fourth-order valence-electron chi connectivity index (χ4n) is 4.73. The van der Waals surface area contributed by atoms with Gasteiger partial charge in [-0.2, -0.15) is 10.2 Å². The Kier molecular flexibility index (Phi) is 8.18. The third-order valence-electron chi connectivity index (χ3n) is 6.91. The molecule has 3 aromatic heterocycles. The van der Waals surface area contributed by atoms with Crippen molar-refractivity contribution < 1.29 is 17.9 Å². The number of hydrogen-bond donors (Lipinski definition) is 2. The largest absolute Gasteiger partial charge is 0.437 e. The van der Waals surface area contributed by atoms with Gasteiger partial charge in [0.15, 0.2) is 9.84 Å². The number of aromatic nitrogens is 5. The van der Waals surface area contributed by atoms with Crippen LogP contribution in [-0.2, 0) is 21.2 Å². The highest BCUT2D eigenvalue weighted by atomic mass is 32.2. The first-order valence-electron chi connectivity index (χ1n) is 13.9. The van der Waals surface area contributed by atoms with E-state index in [1.165, 1.54) is 40.3 Å². The van der Waals surface area contributed by atoms with Crippen LogP contribution in [0.2, 0.25) is 0 Å². The van der Waals surface area contributed by atoms with Crippen LogP contribution in [0.1, 0.15) is 16.7 Å². The summed E-state index contributed by atoms with van der Waals surface area (Å²) in [6.45, 7) is 3.72. The van der Waals surface area contributed by atoms with E-state index < -0.39 is 9.84 Å². The van der Waals surface area contributed by atoms with Crippen LogP contribution in [0.15, 0.2) is 83.2 Å². The Bertz CT molecular complexity index is 2210. The fourth-order valence-corrected chi connectivity index (χ4v) is 6.11. The molecule has 0 fully saturated rings. The summed E-state index contributed by atoms with van der Waals surface area (Å²) in [5.41, 5.74) is 5.57. The third kappa shape index (κ3) is 6.70. The van der Waals surface area contributed by atoms with Gasteiger partial charge in [0.05, 0.1) is 28.2 Å². The van der Waals surface area contributed by atoms with Crippen molar-refractivity contribution in [3.8, 4) is 29.0 Å². The van der Waals surface area contributed by atoms with Crippen LogP contribution in [0, 0.1) is 25.2 Å². The van der Waals surface area contributed by atoms with Crippen LogP contribution in [-0.4, -0.2) is 45.5 Å². The van der Waals surface area contributed by atoms with Crippen molar-refractivity contribution in [2.45, 2.75) is 25.3 Å². The number of fused-ring (bicyclic) bond motifs is 1. The predicted octanol–water partition coefficient (Wildman–Crippen LogP) is 6.02. The van der Waals surface area contributed by atoms with E-state index >= 15 is 0 Å². The molecule has 6 aromatic rings. The zero-order valence-electron chi connectivity index (χ0n) is 24.8. The fraction of sp³-hybridized carbons (Fsp3) is 0.125. The molecule has 0 aliphatic carbocycles. The van der Waals surface area contributed by atoms with Gasteiger partial charge >= 0.3 is 0 Å². The highest BCUT2D eigenvalue weighted by Crippen LogP contribution is 2.36. The lowest BCUT2D eigenvalue weighted by molar-refractivity contribution is -0.116. The molecular formula is C32H26N8O4S2. The van der Waals surface area contributed by atoms with Gasteiger partial charge in [0.25, 0.3) is 0 Å². The number of ether oxygens (including phenoxy) is 1. The number of carbonyl (C=O) groups is 1. The van der Waals surface area contributed by atoms with Gasteiger partial charge in [-0.15, -0.1) is 16.4 Å². The first kappa shape index (κ1) is 30.4. The molecule has 2 N–H and O–H groups in total. The van der Waals surface area contributed by atoms with Gasteiger partial charge in [-0.1, -0.05) is 17.3 Å². The number of nitrogens with one attached hydrogen (secondary N) is 2. The first-order chi connectivity index (χ1) is 22.1. The number of thiophene rings is 1. The smallest absolute Gasteiger partial charge is 0.246 e. The molecule has 46 heavy (non-hydrogen) atoms. The van der Waals surface area contributed by atoms with Crippen LogP contribution in [0.5, 0.6) is 11.6 Å². The van der Waals surface area contributed by atoms with E-state index in [9.17, 15) is 18.5 Å². The van der Waals surface area contributed by atoms with Crippen LogP contribution >= 0.6 is 11.3 Å². The monoisotopic (exact) mass is 650 g/mol. The number of rotatable bonds is 9. The van der Waals surface area contributed by atoms with Crippen molar-refractivity contribution >= 4 is 54.6 Å². The molecule has 1 amide bonds. The summed E-state index contributed by atoms with van der Waals surface area (Å²) >= 11 is 1.48. The number of amides is 1. The number of hydrogen-bond acceptors (Lipinski definition) is 11. The maximum absolute atomic E-state index is 12.5. The number of sulfone groups is 1. The van der Waals surface area contributed by atoms with Crippen molar-refractivity contribution in [1.82, 2.24) is 25.0 Å². The van der Waals surface area contributed by atoms with E-state index in [0.29, 0.717) is 34.5 Å². The molecule has 0 aliphatic rings. The Hall–Kier alpha value is -5.65. The third-order valence-corrected chi connectivity index (χ3v) is 8.93. The lowest BCUT2D eigenvalue weighted by atomic mass is 10.1. The first-order valence-corrected chi connectivity index (χ1v) is 16.6. The van der Waals surface area contributed by atoms with Gasteiger partial charge in [0, 0.05) is 23.2 Å². The van der Waals surface area contributed by atoms with E-state index in [1.54, 1.807) is 18.3 Å². The minimum absolute atomic E-state index is 0.0746. The molecule has 14 heteroatoms. The molecule has 0 aliphatic heterocycles. The zero-order chi connectivity index (χ0) is 32.4. The molecule has 12 nitrogen and oxygen atoms in total. The molecule has 0 spiro atoms. The lowest BCUT2D eigenvalue weighted by Crippen LogP contribution is -2.19. The van der Waals surface area contributed by atoms with Crippen molar-refractivity contribution in [2.75, 3.05) is 16.9 Å². The minimum atomic E-state index is -3.32. The van der Waals surface area contributed by atoms with E-state index in [2.05, 4.69) is 37.0 Å². The van der Waals surface area contributed by atoms with Gasteiger partial charge in [-0.25, -0.2) is 18.1 Å². The maximum atomic E-state index is 12.5. The van der Waals surface area contributed by atoms with Crippen LogP contribution in [0.25, 0.3) is 21.5 Å². The summed E-state index contributed by atoms with van der Waals surface area (Å²) in [4.78, 5) is 22.0. The molecule has 0 bridgehead atoms. The zero-order valence-corrected chi connectivity index (χ0v) is 26.5.